The molecule has 0 unspecified atom stereocenters. The predicted octanol–water partition coefficient (Wildman–Crippen LogP) is 2.16. The van der Waals surface area contributed by atoms with Crippen LogP contribution in [0.4, 0.5) is 0 Å². The van der Waals surface area contributed by atoms with Gasteiger partial charge < -0.3 is 14.3 Å². The van der Waals surface area contributed by atoms with Gasteiger partial charge in [0, 0.05) is 12.6 Å². The van der Waals surface area contributed by atoms with Crippen molar-refractivity contribution in [2.24, 2.45) is 0 Å². The summed E-state index contributed by atoms with van der Waals surface area (Å²) < 4.78 is 11.0. The topological polar surface area (TPSA) is 51.2 Å². The lowest BCUT2D eigenvalue weighted by atomic mass is 10.4. The third-order valence-electron chi connectivity index (χ3n) is 1.73. The van der Waals surface area contributed by atoms with Crippen LogP contribution < -0.4 is 5.32 Å². The summed E-state index contributed by atoms with van der Waals surface area (Å²) in [7, 11) is 0. The molecule has 4 nitrogen and oxygen atoms in total. The highest BCUT2D eigenvalue weighted by atomic mass is 127. The Kier molecular flexibility index (Phi) is 3.20. The first-order valence-corrected chi connectivity index (χ1v) is 5.26. The van der Waals surface area contributed by atoms with Crippen LogP contribution in [0.3, 0.4) is 0 Å². The van der Waals surface area contributed by atoms with Gasteiger partial charge in [0.2, 0.25) is 0 Å². The van der Waals surface area contributed by atoms with E-state index in [1.165, 1.54) is 0 Å². The van der Waals surface area contributed by atoms with Gasteiger partial charge in [-0.2, -0.15) is 0 Å². The molecule has 0 radical (unpaired) electrons. The Balaban J connectivity index is 1.78. The highest BCUT2D eigenvalue weighted by Crippen LogP contribution is 2.09. The van der Waals surface area contributed by atoms with E-state index < -0.39 is 0 Å². The maximum Gasteiger partial charge on any atom is 0.164 e. The Labute approximate surface area is 94.8 Å². The average Bonchev–Trinajstić information content (AvgIpc) is 2.77. The highest BCUT2D eigenvalue weighted by Gasteiger charge is 1.99. The number of aromatic nitrogens is 1. The van der Waals surface area contributed by atoms with Crippen LogP contribution in [0.1, 0.15) is 11.5 Å². The van der Waals surface area contributed by atoms with Gasteiger partial charge in [0.25, 0.3) is 0 Å². The Morgan fingerprint density at radius 1 is 1.29 bits per heavy atom. The number of hydrogen-bond donors (Lipinski definition) is 1. The van der Waals surface area contributed by atoms with Crippen LogP contribution in [0.2, 0.25) is 0 Å². The van der Waals surface area contributed by atoms with Crippen LogP contribution in [-0.4, -0.2) is 5.16 Å². The normalized spacial score (nSPS) is 10.6. The molecule has 0 aliphatic rings. The van der Waals surface area contributed by atoms with Gasteiger partial charge in [-0.15, -0.1) is 0 Å². The monoisotopic (exact) mass is 304 g/mol. The van der Waals surface area contributed by atoms with Crippen molar-refractivity contribution in [1.29, 1.82) is 0 Å². The van der Waals surface area contributed by atoms with Gasteiger partial charge in [0.1, 0.15) is 12.0 Å². The number of furan rings is 1. The van der Waals surface area contributed by atoms with E-state index in [4.69, 9.17) is 8.94 Å². The van der Waals surface area contributed by atoms with Crippen molar-refractivity contribution in [2.75, 3.05) is 0 Å². The second-order valence-electron chi connectivity index (χ2n) is 2.80. The molecule has 2 rings (SSSR count). The summed E-state index contributed by atoms with van der Waals surface area (Å²) in [6.07, 6.45) is 1.56. The van der Waals surface area contributed by atoms with Gasteiger partial charge in [-0.3, -0.25) is 0 Å². The lowest BCUT2D eigenvalue weighted by molar-refractivity contribution is 0.405. The average molecular weight is 304 g/mol. The molecule has 0 saturated carbocycles. The van der Waals surface area contributed by atoms with E-state index in [0.29, 0.717) is 13.1 Å². The lowest BCUT2D eigenvalue weighted by Gasteiger charge is -1.97. The summed E-state index contributed by atoms with van der Waals surface area (Å²) in [5, 5.41) is 6.98. The molecule has 1 N–H and O–H groups in total. The molecule has 0 bridgehead atoms. The zero-order chi connectivity index (χ0) is 9.80. The van der Waals surface area contributed by atoms with Crippen molar-refractivity contribution in [2.45, 2.75) is 13.1 Å². The van der Waals surface area contributed by atoms with Crippen LogP contribution in [0.15, 0.2) is 33.4 Å². The van der Waals surface area contributed by atoms with Crippen molar-refractivity contribution in [3.8, 4) is 0 Å². The minimum Gasteiger partial charge on any atom is -0.454 e. The molecule has 0 saturated heterocycles. The molecule has 0 amide bonds. The third kappa shape index (κ3) is 2.58. The van der Waals surface area contributed by atoms with Gasteiger partial charge in [0.05, 0.1) is 12.2 Å². The van der Waals surface area contributed by atoms with Gasteiger partial charge in [0.15, 0.2) is 3.77 Å². The van der Waals surface area contributed by atoms with Crippen LogP contribution in [0.5, 0.6) is 0 Å². The van der Waals surface area contributed by atoms with Gasteiger partial charge in [-0.25, -0.2) is 0 Å². The lowest BCUT2D eigenvalue weighted by Crippen LogP contribution is -2.12. The van der Waals surface area contributed by atoms with E-state index in [1.54, 1.807) is 6.26 Å². The number of rotatable bonds is 4. The fraction of sp³-hybridized carbons (Fsp3) is 0.222. The molecule has 74 valence electrons. The molecule has 2 heterocycles. The zero-order valence-electron chi connectivity index (χ0n) is 7.37. The first-order chi connectivity index (χ1) is 6.84. The van der Waals surface area contributed by atoms with E-state index in [9.17, 15) is 0 Å². The Morgan fingerprint density at radius 3 is 2.86 bits per heavy atom. The fourth-order valence-electron chi connectivity index (χ4n) is 1.09. The minimum atomic E-state index is 0.688. The molecule has 0 aliphatic heterocycles. The maximum absolute atomic E-state index is 5.38. The van der Waals surface area contributed by atoms with Crippen molar-refractivity contribution in [3.05, 3.63) is 39.7 Å². The number of nitrogens with zero attached hydrogens (tertiary/aromatic N) is 1. The molecule has 2 aromatic rings. The van der Waals surface area contributed by atoms with Gasteiger partial charge in [-0.05, 0) is 34.7 Å². The van der Waals surface area contributed by atoms with Crippen LogP contribution in [0.25, 0.3) is 0 Å². The summed E-state index contributed by atoms with van der Waals surface area (Å²) in [5.74, 6) is 0.929. The quantitative estimate of drug-likeness (QED) is 0.880. The maximum atomic E-state index is 5.38. The predicted molar refractivity (Wildman–Crippen MR) is 58.5 cm³/mol. The summed E-state index contributed by atoms with van der Waals surface area (Å²) in [5.41, 5.74) is 0.895. The van der Waals surface area contributed by atoms with Gasteiger partial charge in [-0.1, -0.05) is 5.16 Å². The summed E-state index contributed by atoms with van der Waals surface area (Å²) in [4.78, 5) is 0. The molecule has 5 heteroatoms. The van der Waals surface area contributed by atoms with Crippen LogP contribution in [-0.2, 0) is 13.1 Å². The molecule has 0 fully saturated rings. The van der Waals surface area contributed by atoms with E-state index in [0.717, 1.165) is 15.2 Å². The highest BCUT2D eigenvalue weighted by molar-refractivity contribution is 14.1. The number of halogens is 1. The van der Waals surface area contributed by atoms with Crippen molar-refractivity contribution >= 4 is 22.6 Å². The Hall–Kier alpha value is -0.820. The van der Waals surface area contributed by atoms with Crippen LogP contribution in [0, 0.1) is 3.77 Å². The molecule has 0 spiro atoms. The fourth-order valence-corrected chi connectivity index (χ4v) is 1.55. The van der Waals surface area contributed by atoms with Gasteiger partial charge >= 0.3 is 0 Å². The molecule has 14 heavy (non-hydrogen) atoms. The molecule has 0 aliphatic carbocycles. The third-order valence-corrected chi connectivity index (χ3v) is 2.31. The largest absolute Gasteiger partial charge is 0.454 e. The molecule has 0 aromatic carbocycles. The second-order valence-corrected chi connectivity index (χ2v) is 3.86. The molecular formula is C9H9IN2O2. The SMILES string of the molecule is Ic1ccc(CNCc2ccon2)o1. The number of hydrogen-bond acceptors (Lipinski definition) is 4. The van der Waals surface area contributed by atoms with Crippen LogP contribution >= 0.6 is 22.6 Å². The molecule has 0 atom stereocenters. The summed E-state index contributed by atoms with van der Waals surface area (Å²) in [6.45, 7) is 1.39. The Morgan fingerprint density at radius 2 is 2.21 bits per heavy atom. The first-order valence-electron chi connectivity index (χ1n) is 4.19. The standard InChI is InChI=1S/C9H9IN2O2/c10-9-2-1-8(14-9)6-11-5-7-3-4-13-12-7/h1-4,11H,5-6H2. The molecular weight excluding hydrogens is 295 g/mol. The van der Waals surface area contributed by atoms with E-state index >= 15 is 0 Å². The van der Waals surface area contributed by atoms with E-state index in [1.807, 2.05) is 18.2 Å². The smallest absolute Gasteiger partial charge is 0.164 e. The zero-order valence-corrected chi connectivity index (χ0v) is 9.52. The second kappa shape index (κ2) is 4.61. The van der Waals surface area contributed by atoms with E-state index in [-0.39, 0.29) is 0 Å². The van der Waals surface area contributed by atoms with E-state index in [2.05, 4.69) is 33.1 Å². The number of nitrogens with one attached hydrogen (secondary N) is 1. The molecule has 2 aromatic heterocycles. The van der Waals surface area contributed by atoms with Crippen molar-refractivity contribution in [1.82, 2.24) is 10.5 Å². The minimum absolute atomic E-state index is 0.688. The van der Waals surface area contributed by atoms with Crippen molar-refractivity contribution < 1.29 is 8.94 Å². The van der Waals surface area contributed by atoms with Crippen molar-refractivity contribution in [3.63, 3.8) is 0 Å². The summed E-state index contributed by atoms with van der Waals surface area (Å²) in [6, 6.07) is 5.73. The Bertz CT molecular complexity index is 383. The summed E-state index contributed by atoms with van der Waals surface area (Å²) >= 11 is 2.14. The first kappa shape index (κ1) is 9.72.